The average Bonchev–Trinajstić information content (AvgIpc) is 2.79. The highest BCUT2D eigenvalue weighted by atomic mass is 16.6. The Balaban J connectivity index is 1.81. The van der Waals surface area contributed by atoms with E-state index in [9.17, 15) is 9.59 Å². The zero-order valence-electron chi connectivity index (χ0n) is 12.9. The molecule has 118 valence electrons. The first-order valence-corrected chi connectivity index (χ1v) is 7.67. The van der Waals surface area contributed by atoms with Gasteiger partial charge in [0, 0.05) is 12.1 Å². The lowest BCUT2D eigenvalue weighted by atomic mass is 9.88. The van der Waals surface area contributed by atoms with Crippen LogP contribution in [0.2, 0.25) is 0 Å². The number of hydrogen-bond acceptors (Lipinski definition) is 5. The monoisotopic (exact) mass is 303 g/mol. The van der Waals surface area contributed by atoms with Gasteiger partial charge in [0.2, 0.25) is 0 Å². The number of likely N-dealkylation sites (N-methyl/N-ethyl adjacent to an activating group) is 1. The highest BCUT2D eigenvalue weighted by molar-refractivity contribution is 5.89. The molecular weight excluding hydrogens is 282 g/mol. The van der Waals surface area contributed by atoms with E-state index in [1.54, 1.807) is 24.3 Å². The van der Waals surface area contributed by atoms with Crippen LogP contribution in [0, 0.1) is 5.92 Å². The van der Waals surface area contributed by atoms with Gasteiger partial charge in [0.05, 0.1) is 18.6 Å². The Morgan fingerprint density at radius 3 is 2.59 bits per heavy atom. The summed E-state index contributed by atoms with van der Waals surface area (Å²) in [6.45, 7) is 0. The Kier molecular flexibility index (Phi) is 4.16. The molecule has 0 saturated carbocycles. The van der Waals surface area contributed by atoms with E-state index in [1.807, 2.05) is 13.1 Å². The van der Waals surface area contributed by atoms with Gasteiger partial charge < -0.3 is 9.47 Å². The summed E-state index contributed by atoms with van der Waals surface area (Å²) in [5.74, 6) is -1.03. The molecule has 2 bridgehead atoms. The van der Waals surface area contributed by atoms with E-state index in [0.717, 1.165) is 12.8 Å². The minimum absolute atomic E-state index is 0.0931. The zero-order valence-corrected chi connectivity index (χ0v) is 12.9. The quantitative estimate of drug-likeness (QED) is 0.798. The summed E-state index contributed by atoms with van der Waals surface area (Å²) in [6, 6.07) is 9.36. The first-order chi connectivity index (χ1) is 10.6. The summed E-state index contributed by atoms with van der Waals surface area (Å²) >= 11 is 0. The van der Waals surface area contributed by atoms with Crippen LogP contribution < -0.4 is 0 Å². The number of methoxy groups -OCH3 is 1. The Morgan fingerprint density at radius 1 is 1.18 bits per heavy atom. The lowest BCUT2D eigenvalue weighted by Gasteiger charge is -2.40. The van der Waals surface area contributed by atoms with Crippen LogP contribution >= 0.6 is 0 Å². The molecule has 2 saturated heterocycles. The summed E-state index contributed by atoms with van der Waals surface area (Å²) in [5, 5.41) is 0. The molecule has 0 radical (unpaired) electrons. The second-order valence-corrected chi connectivity index (χ2v) is 6.07. The van der Waals surface area contributed by atoms with Crippen LogP contribution in [0.4, 0.5) is 0 Å². The standard InChI is InChI=1S/C17H21NO4/c1-18-12-8-9-14(18)15(13(10-12)17(20)21-2)22-16(19)11-6-4-3-5-7-11/h3-7,12-15H,8-10H2,1-2H3/t12-,13?,14+,15?/m1/s1. The summed E-state index contributed by atoms with van der Waals surface area (Å²) in [7, 11) is 3.43. The fourth-order valence-corrected chi connectivity index (χ4v) is 3.73. The van der Waals surface area contributed by atoms with Crippen molar-refractivity contribution < 1.29 is 19.1 Å². The molecule has 2 aliphatic heterocycles. The number of piperidine rings is 1. The maximum atomic E-state index is 12.4. The summed E-state index contributed by atoms with van der Waals surface area (Å²) in [4.78, 5) is 26.7. The number of carbonyl (C=O) groups excluding carboxylic acids is 2. The maximum absolute atomic E-state index is 12.4. The lowest BCUT2D eigenvalue weighted by molar-refractivity contribution is -0.155. The molecule has 1 aromatic rings. The van der Waals surface area contributed by atoms with Gasteiger partial charge in [-0.1, -0.05) is 18.2 Å². The van der Waals surface area contributed by atoms with Crippen LogP contribution in [0.1, 0.15) is 29.6 Å². The normalized spacial score (nSPS) is 30.8. The number of fused-ring (bicyclic) bond motifs is 2. The van der Waals surface area contributed by atoms with Gasteiger partial charge in [0.15, 0.2) is 0 Å². The van der Waals surface area contributed by atoms with Gasteiger partial charge in [-0.2, -0.15) is 0 Å². The summed E-state index contributed by atoms with van der Waals surface area (Å²) < 4.78 is 10.7. The molecule has 0 N–H and O–H groups in total. The van der Waals surface area contributed by atoms with E-state index in [1.165, 1.54) is 7.11 Å². The van der Waals surface area contributed by atoms with Crippen molar-refractivity contribution in [1.29, 1.82) is 0 Å². The Morgan fingerprint density at radius 2 is 1.91 bits per heavy atom. The van der Waals surface area contributed by atoms with Crippen molar-refractivity contribution in [2.24, 2.45) is 5.92 Å². The van der Waals surface area contributed by atoms with Gasteiger partial charge >= 0.3 is 11.9 Å². The maximum Gasteiger partial charge on any atom is 0.338 e. The van der Waals surface area contributed by atoms with E-state index >= 15 is 0 Å². The van der Waals surface area contributed by atoms with Crippen molar-refractivity contribution >= 4 is 11.9 Å². The largest absolute Gasteiger partial charge is 0.469 e. The molecule has 0 spiro atoms. The fourth-order valence-electron chi connectivity index (χ4n) is 3.73. The van der Waals surface area contributed by atoms with Gasteiger partial charge in [-0.3, -0.25) is 9.69 Å². The molecule has 2 heterocycles. The smallest absolute Gasteiger partial charge is 0.338 e. The van der Waals surface area contributed by atoms with Crippen molar-refractivity contribution in [2.45, 2.75) is 37.5 Å². The number of hydrogen-bond donors (Lipinski definition) is 0. The molecule has 2 aliphatic rings. The molecule has 0 amide bonds. The number of rotatable bonds is 3. The van der Waals surface area contributed by atoms with Crippen molar-refractivity contribution in [3.63, 3.8) is 0 Å². The second-order valence-electron chi connectivity index (χ2n) is 6.07. The molecule has 22 heavy (non-hydrogen) atoms. The van der Waals surface area contributed by atoms with Crippen molar-refractivity contribution in [3.8, 4) is 0 Å². The topological polar surface area (TPSA) is 55.8 Å². The molecule has 5 nitrogen and oxygen atoms in total. The van der Waals surface area contributed by atoms with Crippen LogP contribution in [0.25, 0.3) is 0 Å². The predicted octanol–water partition coefficient (Wildman–Crippen LogP) is 1.87. The van der Waals surface area contributed by atoms with Gasteiger partial charge in [-0.15, -0.1) is 0 Å². The third-order valence-electron chi connectivity index (χ3n) is 4.95. The van der Waals surface area contributed by atoms with E-state index in [2.05, 4.69) is 4.90 Å². The minimum Gasteiger partial charge on any atom is -0.469 e. The van der Waals surface area contributed by atoms with Gasteiger partial charge in [0.1, 0.15) is 6.10 Å². The first kappa shape index (κ1) is 15.0. The molecule has 4 atom stereocenters. The molecular formula is C17H21NO4. The Labute approximate surface area is 130 Å². The fraction of sp³-hybridized carbons (Fsp3) is 0.529. The molecule has 2 fully saturated rings. The van der Waals surface area contributed by atoms with Crippen molar-refractivity contribution in [2.75, 3.05) is 14.2 Å². The van der Waals surface area contributed by atoms with E-state index in [0.29, 0.717) is 18.0 Å². The van der Waals surface area contributed by atoms with Gasteiger partial charge in [-0.25, -0.2) is 4.79 Å². The van der Waals surface area contributed by atoms with Crippen molar-refractivity contribution in [3.05, 3.63) is 35.9 Å². The molecule has 2 unspecified atom stereocenters. The molecule has 5 heteroatoms. The Bertz CT molecular complexity index is 559. The number of carbonyl (C=O) groups is 2. The second kappa shape index (κ2) is 6.08. The number of benzene rings is 1. The molecule has 1 aromatic carbocycles. The number of nitrogens with zero attached hydrogens (tertiary/aromatic N) is 1. The van der Waals surface area contributed by atoms with E-state index in [4.69, 9.17) is 9.47 Å². The highest BCUT2D eigenvalue weighted by Gasteiger charge is 2.50. The van der Waals surface area contributed by atoms with Gasteiger partial charge in [0.25, 0.3) is 0 Å². The predicted molar refractivity (Wildman–Crippen MR) is 80.3 cm³/mol. The van der Waals surface area contributed by atoms with E-state index in [-0.39, 0.29) is 23.9 Å². The summed E-state index contributed by atoms with van der Waals surface area (Å²) in [6.07, 6.45) is 2.23. The number of esters is 2. The molecule has 0 aromatic heterocycles. The number of ether oxygens (including phenoxy) is 2. The molecule has 3 rings (SSSR count). The molecule has 0 aliphatic carbocycles. The van der Waals surface area contributed by atoms with Crippen molar-refractivity contribution in [1.82, 2.24) is 4.90 Å². The van der Waals surface area contributed by atoms with Crippen LogP contribution in [-0.4, -0.2) is 49.2 Å². The zero-order chi connectivity index (χ0) is 15.7. The third kappa shape index (κ3) is 2.61. The van der Waals surface area contributed by atoms with Crippen LogP contribution in [-0.2, 0) is 14.3 Å². The van der Waals surface area contributed by atoms with E-state index < -0.39 is 6.10 Å². The minimum atomic E-state index is -0.441. The Hall–Kier alpha value is -1.88. The SMILES string of the molecule is COC(=O)C1C[C@H]2CC[C@@H](C1OC(=O)c1ccccc1)N2C. The lowest BCUT2D eigenvalue weighted by Crippen LogP contribution is -2.54. The van der Waals surface area contributed by atoms with Gasteiger partial charge in [-0.05, 0) is 38.4 Å². The van der Waals surface area contributed by atoms with Crippen LogP contribution in [0.15, 0.2) is 30.3 Å². The third-order valence-corrected chi connectivity index (χ3v) is 4.95. The average molecular weight is 303 g/mol. The summed E-state index contributed by atoms with van der Waals surface area (Å²) in [5.41, 5.74) is 0.508. The van der Waals surface area contributed by atoms with Crippen LogP contribution in [0.5, 0.6) is 0 Å². The first-order valence-electron chi connectivity index (χ1n) is 7.67. The van der Waals surface area contributed by atoms with Crippen LogP contribution in [0.3, 0.4) is 0 Å². The highest BCUT2D eigenvalue weighted by Crippen LogP contribution is 2.40.